The molecule has 1 aromatic carbocycles. The van der Waals surface area contributed by atoms with Gasteiger partial charge in [0.1, 0.15) is 4.90 Å². The van der Waals surface area contributed by atoms with E-state index in [2.05, 4.69) is 9.71 Å². The molecule has 2 rings (SSSR count). The lowest BCUT2D eigenvalue weighted by atomic mass is 10.2. The van der Waals surface area contributed by atoms with Crippen molar-refractivity contribution >= 4 is 27.3 Å². The number of pyridine rings is 1. The van der Waals surface area contributed by atoms with Crippen molar-refractivity contribution in [2.45, 2.75) is 11.8 Å². The van der Waals surface area contributed by atoms with E-state index in [1.165, 1.54) is 18.5 Å². The summed E-state index contributed by atoms with van der Waals surface area (Å²) in [5.74, 6) is 0. The third-order valence-corrected chi connectivity index (χ3v) is 4.14. The van der Waals surface area contributed by atoms with Crippen molar-refractivity contribution in [1.29, 1.82) is 0 Å². The fourth-order valence-electron chi connectivity index (χ4n) is 1.48. The average Bonchev–Trinajstić information content (AvgIpc) is 2.28. The Morgan fingerprint density at radius 1 is 1.28 bits per heavy atom. The number of nitrogens with one attached hydrogen (secondary N) is 1. The number of aryl methyl sites for hydroxylation is 1. The summed E-state index contributed by atoms with van der Waals surface area (Å²) in [5.41, 5.74) is 1.46. The Balaban J connectivity index is 2.37. The molecule has 1 N–H and O–H groups in total. The van der Waals surface area contributed by atoms with Crippen LogP contribution in [0.4, 0.5) is 5.69 Å². The quantitative estimate of drug-likeness (QED) is 0.942. The maximum absolute atomic E-state index is 12.1. The highest BCUT2D eigenvalue weighted by molar-refractivity contribution is 7.92. The summed E-state index contributed by atoms with van der Waals surface area (Å²) in [6.07, 6.45) is 2.66. The number of sulfonamides is 1. The van der Waals surface area contributed by atoms with Gasteiger partial charge in [-0.1, -0.05) is 23.7 Å². The fraction of sp³-hybridized carbons (Fsp3) is 0.0833. The van der Waals surface area contributed by atoms with Crippen LogP contribution in [0.25, 0.3) is 0 Å². The van der Waals surface area contributed by atoms with Crippen LogP contribution in [0.5, 0.6) is 0 Å². The third kappa shape index (κ3) is 2.80. The van der Waals surface area contributed by atoms with Crippen LogP contribution in [0.2, 0.25) is 5.02 Å². The molecule has 18 heavy (non-hydrogen) atoms. The first-order chi connectivity index (χ1) is 8.49. The number of aromatic nitrogens is 1. The van der Waals surface area contributed by atoms with E-state index in [9.17, 15) is 8.42 Å². The summed E-state index contributed by atoms with van der Waals surface area (Å²) in [7, 11) is -3.71. The average molecular weight is 283 g/mol. The van der Waals surface area contributed by atoms with Crippen molar-refractivity contribution in [2.24, 2.45) is 0 Å². The summed E-state index contributed by atoms with van der Waals surface area (Å²) in [5, 5.41) is 0.144. The predicted molar refractivity (Wildman–Crippen MR) is 71.2 cm³/mol. The van der Waals surface area contributed by atoms with E-state index in [0.29, 0.717) is 5.69 Å². The van der Waals surface area contributed by atoms with E-state index in [1.807, 2.05) is 13.0 Å². The molecule has 1 aromatic heterocycles. The molecule has 0 aliphatic rings. The number of hydrogen-bond donors (Lipinski definition) is 1. The number of nitrogens with zero attached hydrogens (tertiary/aromatic N) is 1. The van der Waals surface area contributed by atoms with Crippen LogP contribution >= 0.6 is 11.6 Å². The molecule has 4 nitrogen and oxygen atoms in total. The first kappa shape index (κ1) is 12.9. The van der Waals surface area contributed by atoms with Crippen LogP contribution in [0.3, 0.4) is 0 Å². The Labute approximate surface area is 111 Å². The maximum atomic E-state index is 12.1. The summed E-state index contributed by atoms with van der Waals surface area (Å²) < 4.78 is 26.7. The lowest BCUT2D eigenvalue weighted by Crippen LogP contribution is -2.13. The Hall–Kier alpha value is -1.59. The number of benzene rings is 1. The summed E-state index contributed by atoms with van der Waals surface area (Å²) in [4.78, 5) is 3.73. The predicted octanol–water partition coefficient (Wildman–Crippen LogP) is 2.84. The van der Waals surface area contributed by atoms with Crippen LogP contribution in [0.1, 0.15) is 5.56 Å². The van der Waals surface area contributed by atoms with Gasteiger partial charge in [-0.2, -0.15) is 0 Å². The molecule has 0 saturated heterocycles. The first-order valence-electron chi connectivity index (χ1n) is 5.18. The van der Waals surface area contributed by atoms with E-state index in [1.54, 1.807) is 18.2 Å². The molecule has 0 atom stereocenters. The molecule has 2 aromatic rings. The van der Waals surface area contributed by atoms with Crippen molar-refractivity contribution in [1.82, 2.24) is 4.98 Å². The van der Waals surface area contributed by atoms with Crippen LogP contribution in [0.15, 0.2) is 47.6 Å². The van der Waals surface area contributed by atoms with Crippen molar-refractivity contribution < 1.29 is 8.42 Å². The zero-order valence-electron chi connectivity index (χ0n) is 9.59. The molecule has 0 fully saturated rings. The third-order valence-electron chi connectivity index (χ3n) is 2.29. The Morgan fingerprint density at radius 3 is 2.72 bits per heavy atom. The van der Waals surface area contributed by atoms with E-state index in [0.717, 1.165) is 5.56 Å². The SMILES string of the molecule is Cc1cccc(NS(=O)(=O)c2cnccc2Cl)c1. The van der Waals surface area contributed by atoms with Gasteiger partial charge in [0, 0.05) is 18.1 Å². The number of anilines is 1. The van der Waals surface area contributed by atoms with Crippen molar-refractivity contribution in [3.8, 4) is 0 Å². The van der Waals surface area contributed by atoms with E-state index in [4.69, 9.17) is 11.6 Å². The smallest absolute Gasteiger partial charge is 0.264 e. The molecule has 0 radical (unpaired) electrons. The normalized spacial score (nSPS) is 11.2. The molecular formula is C12H11ClN2O2S. The molecule has 1 heterocycles. The molecule has 0 spiro atoms. The molecule has 0 saturated carbocycles. The summed E-state index contributed by atoms with van der Waals surface area (Å²) >= 11 is 5.85. The van der Waals surface area contributed by atoms with Crippen LogP contribution < -0.4 is 4.72 Å². The van der Waals surface area contributed by atoms with Crippen LogP contribution in [-0.2, 0) is 10.0 Å². The van der Waals surface area contributed by atoms with Gasteiger partial charge in [-0.05, 0) is 30.7 Å². The van der Waals surface area contributed by atoms with Gasteiger partial charge in [0.2, 0.25) is 0 Å². The highest BCUT2D eigenvalue weighted by Crippen LogP contribution is 2.22. The van der Waals surface area contributed by atoms with Crippen LogP contribution in [-0.4, -0.2) is 13.4 Å². The Kier molecular flexibility index (Phi) is 3.54. The zero-order chi connectivity index (χ0) is 13.2. The highest BCUT2D eigenvalue weighted by Gasteiger charge is 2.17. The van der Waals surface area contributed by atoms with Gasteiger partial charge in [0.25, 0.3) is 10.0 Å². The van der Waals surface area contributed by atoms with Gasteiger partial charge in [0.05, 0.1) is 5.02 Å². The topological polar surface area (TPSA) is 59.1 Å². The zero-order valence-corrected chi connectivity index (χ0v) is 11.2. The largest absolute Gasteiger partial charge is 0.280 e. The van der Waals surface area contributed by atoms with Crippen molar-refractivity contribution in [3.05, 3.63) is 53.3 Å². The van der Waals surface area contributed by atoms with E-state index in [-0.39, 0.29) is 9.92 Å². The standard InChI is InChI=1S/C12H11ClN2O2S/c1-9-3-2-4-10(7-9)15-18(16,17)12-8-14-6-5-11(12)13/h2-8,15H,1H3. The molecule has 0 aliphatic carbocycles. The van der Waals surface area contributed by atoms with E-state index < -0.39 is 10.0 Å². The van der Waals surface area contributed by atoms with Crippen molar-refractivity contribution in [2.75, 3.05) is 4.72 Å². The fourth-order valence-corrected chi connectivity index (χ4v) is 2.96. The highest BCUT2D eigenvalue weighted by atomic mass is 35.5. The first-order valence-corrected chi connectivity index (χ1v) is 7.04. The Bertz CT molecular complexity index is 671. The molecular weight excluding hydrogens is 272 g/mol. The second-order valence-corrected chi connectivity index (χ2v) is 5.84. The second-order valence-electron chi connectivity index (χ2n) is 3.78. The molecule has 0 bridgehead atoms. The minimum absolute atomic E-state index is 0.0341. The lowest BCUT2D eigenvalue weighted by Gasteiger charge is -2.09. The van der Waals surface area contributed by atoms with Gasteiger partial charge in [0.15, 0.2) is 0 Å². The summed E-state index contributed by atoms with van der Waals surface area (Å²) in [6.45, 7) is 1.88. The molecule has 0 unspecified atom stereocenters. The van der Waals surface area contributed by atoms with Gasteiger partial charge in [-0.15, -0.1) is 0 Å². The van der Waals surface area contributed by atoms with Gasteiger partial charge >= 0.3 is 0 Å². The van der Waals surface area contributed by atoms with Gasteiger partial charge < -0.3 is 0 Å². The molecule has 6 heteroatoms. The monoisotopic (exact) mass is 282 g/mol. The molecule has 0 amide bonds. The number of rotatable bonds is 3. The van der Waals surface area contributed by atoms with E-state index >= 15 is 0 Å². The Morgan fingerprint density at radius 2 is 2.06 bits per heavy atom. The summed E-state index contributed by atoms with van der Waals surface area (Å²) in [6, 6.07) is 8.51. The maximum Gasteiger partial charge on any atom is 0.264 e. The molecule has 0 aliphatic heterocycles. The van der Waals surface area contributed by atoms with Gasteiger partial charge in [-0.3, -0.25) is 9.71 Å². The van der Waals surface area contributed by atoms with Crippen molar-refractivity contribution in [3.63, 3.8) is 0 Å². The molecule has 94 valence electrons. The number of hydrogen-bond acceptors (Lipinski definition) is 3. The van der Waals surface area contributed by atoms with Gasteiger partial charge in [-0.25, -0.2) is 8.42 Å². The minimum Gasteiger partial charge on any atom is -0.280 e. The lowest BCUT2D eigenvalue weighted by molar-refractivity contribution is 0.601. The number of halogens is 1. The minimum atomic E-state index is -3.71. The second kappa shape index (κ2) is 4.96. The van der Waals surface area contributed by atoms with Crippen LogP contribution in [0, 0.1) is 6.92 Å².